The molecule has 0 amide bonds. The summed E-state index contributed by atoms with van der Waals surface area (Å²) < 4.78 is 11.3. The van der Waals surface area contributed by atoms with Gasteiger partial charge >= 0.3 is 7.12 Å². The summed E-state index contributed by atoms with van der Waals surface area (Å²) >= 11 is 5.88. The van der Waals surface area contributed by atoms with Crippen LogP contribution in [0.3, 0.4) is 0 Å². The number of benzene rings is 1. The van der Waals surface area contributed by atoms with Crippen LogP contribution in [0.1, 0.15) is 19.4 Å². The molecule has 1 aromatic rings. The van der Waals surface area contributed by atoms with Gasteiger partial charge in [0.1, 0.15) is 6.07 Å². The predicted octanol–water partition coefficient (Wildman–Crippen LogP) is 1.98. The molecule has 88 valence electrons. The van der Waals surface area contributed by atoms with E-state index in [9.17, 15) is 0 Å². The molecule has 5 heteroatoms. The Kier molecular flexibility index (Phi) is 3.44. The quantitative estimate of drug-likeness (QED) is 0.715. The highest BCUT2D eigenvalue weighted by Gasteiger charge is 2.33. The fraction of sp³-hybridized carbons (Fsp3) is 0.417. The highest BCUT2D eigenvalue weighted by molar-refractivity contribution is 6.61. The highest BCUT2D eigenvalue weighted by atomic mass is 35.5. The summed E-state index contributed by atoms with van der Waals surface area (Å²) in [6, 6.07) is 7.28. The Labute approximate surface area is 106 Å². The zero-order chi connectivity index (χ0) is 12.5. The van der Waals surface area contributed by atoms with Crippen molar-refractivity contribution >= 4 is 24.2 Å². The van der Waals surface area contributed by atoms with Crippen LogP contribution in [-0.2, 0) is 9.31 Å². The topological polar surface area (TPSA) is 42.2 Å². The molecule has 3 nitrogen and oxygen atoms in total. The molecule has 1 fully saturated rings. The van der Waals surface area contributed by atoms with Gasteiger partial charge < -0.3 is 9.31 Å². The lowest BCUT2D eigenvalue weighted by Gasteiger charge is -2.33. The van der Waals surface area contributed by atoms with Crippen LogP contribution < -0.4 is 5.46 Å². The molecule has 0 saturated carbocycles. The van der Waals surface area contributed by atoms with Crippen LogP contribution in [0.25, 0.3) is 0 Å². The number of halogens is 1. The first kappa shape index (κ1) is 12.4. The van der Waals surface area contributed by atoms with E-state index >= 15 is 0 Å². The van der Waals surface area contributed by atoms with Gasteiger partial charge in [-0.15, -0.1) is 0 Å². The van der Waals surface area contributed by atoms with E-state index in [2.05, 4.69) is 13.8 Å². The van der Waals surface area contributed by atoms with Crippen molar-refractivity contribution in [1.82, 2.24) is 0 Å². The molecule has 0 unspecified atom stereocenters. The van der Waals surface area contributed by atoms with Gasteiger partial charge in [-0.1, -0.05) is 31.5 Å². The molecule has 0 radical (unpaired) electrons. The molecule has 0 atom stereocenters. The average Bonchev–Trinajstić information content (AvgIpc) is 2.30. The molecular formula is C12H13BClNO2. The second-order valence-electron chi connectivity index (χ2n) is 4.97. The van der Waals surface area contributed by atoms with Crippen molar-refractivity contribution in [2.24, 2.45) is 5.41 Å². The second kappa shape index (κ2) is 4.69. The fourth-order valence-corrected chi connectivity index (χ4v) is 1.82. The van der Waals surface area contributed by atoms with Gasteiger partial charge in [0.25, 0.3) is 0 Å². The summed E-state index contributed by atoms with van der Waals surface area (Å²) in [7, 11) is -0.396. The first-order valence-corrected chi connectivity index (χ1v) is 5.82. The third-order valence-electron chi connectivity index (χ3n) is 2.63. The molecule has 1 heterocycles. The van der Waals surface area contributed by atoms with Crippen LogP contribution in [0, 0.1) is 16.7 Å². The minimum Gasteiger partial charge on any atom is -0.407 e. The van der Waals surface area contributed by atoms with Gasteiger partial charge in [0, 0.05) is 18.6 Å². The molecule has 0 aliphatic carbocycles. The van der Waals surface area contributed by atoms with Crippen molar-refractivity contribution < 1.29 is 9.31 Å². The Morgan fingerprint density at radius 1 is 1.35 bits per heavy atom. The smallest absolute Gasteiger partial charge is 0.407 e. The Morgan fingerprint density at radius 2 is 2.00 bits per heavy atom. The van der Waals surface area contributed by atoms with Gasteiger partial charge in [-0.05, 0) is 17.6 Å². The van der Waals surface area contributed by atoms with Crippen LogP contribution in [-0.4, -0.2) is 20.3 Å². The standard InChI is InChI=1S/C12H13BClNO2/c1-12(2)7-16-13(17-8-12)10-3-4-11(14)9(5-10)6-15/h3-5H,7-8H2,1-2H3. The molecule has 1 aliphatic rings. The predicted molar refractivity (Wildman–Crippen MR) is 67.2 cm³/mol. The summed E-state index contributed by atoms with van der Waals surface area (Å²) in [4.78, 5) is 0. The monoisotopic (exact) mass is 249 g/mol. The molecule has 0 bridgehead atoms. The third kappa shape index (κ3) is 2.81. The lowest BCUT2D eigenvalue weighted by molar-refractivity contribution is 0.0343. The number of rotatable bonds is 1. The van der Waals surface area contributed by atoms with Crippen LogP contribution in [0.15, 0.2) is 18.2 Å². The molecule has 1 saturated heterocycles. The van der Waals surface area contributed by atoms with Crippen LogP contribution in [0.2, 0.25) is 5.02 Å². The minimum absolute atomic E-state index is 0.0426. The van der Waals surface area contributed by atoms with Crippen molar-refractivity contribution in [2.45, 2.75) is 13.8 Å². The Bertz CT molecular complexity index is 460. The van der Waals surface area contributed by atoms with Crippen molar-refractivity contribution in [3.05, 3.63) is 28.8 Å². The van der Waals surface area contributed by atoms with E-state index in [4.69, 9.17) is 26.2 Å². The van der Waals surface area contributed by atoms with E-state index in [1.54, 1.807) is 12.1 Å². The lowest BCUT2D eigenvalue weighted by atomic mass is 9.75. The maximum absolute atomic E-state index is 8.91. The lowest BCUT2D eigenvalue weighted by Crippen LogP contribution is -2.47. The van der Waals surface area contributed by atoms with Crippen LogP contribution >= 0.6 is 11.6 Å². The van der Waals surface area contributed by atoms with Crippen molar-refractivity contribution in [3.63, 3.8) is 0 Å². The summed E-state index contributed by atoms with van der Waals surface area (Å²) in [6.45, 7) is 5.46. The summed E-state index contributed by atoms with van der Waals surface area (Å²) in [6.07, 6.45) is 0. The van der Waals surface area contributed by atoms with Crippen molar-refractivity contribution in [1.29, 1.82) is 5.26 Å². The van der Waals surface area contributed by atoms with E-state index in [1.165, 1.54) is 0 Å². The minimum atomic E-state index is -0.396. The van der Waals surface area contributed by atoms with E-state index in [1.807, 2.05) is 12.1 Å². The summed E-state index contributed by atoms with van der Waals surface area (Å²) in [5, 5.41) is 9.36. The molecular weight excluding hydrogens is 236 g/mol. The maximum atomic E-state index is 8.91. The second-order valence-corrected chi connectivity index (χ2v) is 5.38. The summed E-state index contributed by atoms with van der Waals surface area (Å²) in [5.41, 5.74) is 1.32. The molecule has 0 N–H and O–H groups in total. The zero-order valence-corrected chi connectivity index (χ0v) is 10.6. The van der Waals surface area contributed by atoms with Gasteiger partial charge in [-0.3, -0.25) is 0 Å². The highest BCUT2D eigenvalue weighted by Crippen LogP contribution is 2.22. The largest absolute Gasteiger partial charge is 0.493 e. The molecule has 1 aliphatic heterocycles. The molecule has 0 aromatic heterocycles. The van der Waals surface area contributed by atoms with E-state index in [0.717, 1.165) is 5.46 Å². The van der Waals surface area contributed by atoms with Crippen LogP contribution in [0.4, 0.5) is 0 Å². The van der Waals surface area contributed by atoms with Gasteiger partial charge in [0.2, 0.25) is 0 Å². The zero-order valence-electron chi connectivity index (χ0n) is 9.87. The van der Waals surface area contributed by atoms with Crippen LogP contribution in [0.5, 0.6) is 0 Å². The Balaban J connectivity index is 2.17. The van der Waals surface area contributed by atoms with E-state index in [-0.39, 0.29) is 5.41 Å². The number of hydrogen-bond donors (Lipinski definition) is 0. The number of hydrogen-bond acceptors (Lipinski definition) is 3. The van der Waals surface area contributed by atoms with Gasteiger partial charge in [0.05, 0.1) is 10.6 Å². The number of nitriles is 1. The molecule has 2 rings (SSSR count). The average molecular weight is 250 g/mol. The van der Waals surface area contributed by atoms with Crippen molar-refractivity contribution in [2.75, 3.05) is 13.2 Å². The van der Waals surface area contributed by atoms with Gasteiger partial charge in [-0.2, -0.15) is 5.26 Å². The van der Waals surface area contributed by atoms with Crippen molar-refractivity contribution in [3.8, 4) is 6.07 Å². The summed E-state index contributed by atoms with van der Waals surface area (Å²) in [5.74, 6) is 0. The van der Waals surface area contributed by atoms with Gasteiger partial charge in [0.15, 0.2) is 0 Å². The molecule has 17 heavy (non-hydrogen) atoms. The fourth-order valence-electron chi connectivity index (χ4n) is 1.66. The SMILES string of the molecule is CC1(C)COB(c2ccc(Cl)c(C#N)c2)OC1. The van der Waals surface area contributed by atoms with Gasteiger partial charge in [-0.25, -0.2) is 0 Å². The van der Waals surface area contributed by atoms with E-state index in [0.29, 0.717) is 23.8 Å². The molecule has 0 spiro atoms. The first-order valence-electron chi connectivity index (χ1n) is 5.45. The molecule has 1 aromatic carbocycles. The normalized spacial score (nSPS) is 18.8. The van der Waals surface area contributed by atoms with E-state index < -0.39 is 7.12 Å². The Morgan fingerprint density at radius 3 is 2.59 bits per heavy atom. The third-order valence-corrected chi connectivity index (χ3v) is 2.96. The number of nitrogens with zero attached hydrogens (tertiary/aromatic N) is 1. The maximum Gasteiger partial charge on any atom is 0.493 e. The first-order chi connectivity index (χ1) is 8.02. The Hall–Kier alpha value is -1.02.